The lowest BCUT2D eigenvalue weighted by molar-refractivity contribution is 0.415. The molecule has 0 atom stereocenters. The smallest absolute Gasteiger partial charge is 0.159 e. The molecule has 0 aliphatic rings. The first-order valence-corrected chi connectivity index (χ1v) is 6.88. The Morgan fingerprint density at radius 1 is 0.952 bits per heavy atom. The van der Waals surface area contributed by atoms with Crippen molar-refractivity contribution in [2.75, 3.05) is 7.11 Å². The summed E-state index contributed by atoms with van der Waals surface area (Å²) in [6, 6.07) is 17.4. The van der Waals surface area contributed by atoms with Crippen molar-refractivity contribution in [2.24, 2.45) is 0 Å². The van der Waals surface area contributed by atoms with E-state index in [2.05, 4.69) is 9.97 Å². The van der Waals surface area contributed by atoms with E-state index in [1.807, 2.05) is 54.6 Å². The number of nitrogens with zero attached hydrogens (tertiary/aromatic N) is 2. The number of aromatic nitrogens is 2. The fourth-order valence-electron chi connectivity index (χ4n) is 2.07. The lowest BCUT2D eigenvalue weighted by Crippen LogP contribution is -1.92. The number of hydrogen-bond donors (Lipinski definition) is 0. The third-order valence-corrected chi connectivity index (χ3v) is 3.43. The summed E-state index contributed by atoms with van der Waals surface area (Å²) in [7, 11) is 1.59. The summed E-state index contributed by atoms with van der Waals surface area (Å²) in [5, 5.41) is 0.545. The molecule has 0 aliphatic heterocycles. The van der Waals surface area contributed by atoms with Crippen LogP contribution in [0.15, 0.2) is 60.8 Å². The van der Waals surface area contributed by atoms with Gasteiger partial charge in [-0.15, -0.1) is 0 Å². The van der Waals surface area contributed by atoms with Gasteiger partial charge in [0.15, 0.2) is 5.82 Å². The van der Waals surface area contributed by atoms with E-state index in [1.165, 1.54) is 0 Å². The first-order valence-electron chi connectivity index (χ1n) is 6.50. The van der Waals surface area contributed by atoms with E-state index < -0.39 is 0 Å². The Morgan fingerprint density at radius 2 is 1.76 bits per heavy atom. The van der Waals surface area contributed by atoms with Crippen LogP contribution in [0.3, 0.4) is 0 Å². The number of halogens is 1. The molecule has 0 N–H and O–H groups in total. The van der Waals surface area contributed by atoms with E-state index >= 15 is 0 Å². The molecule has 0 unspecified atom stereocenters. The topological polar surface area (TPSA) is 35.0 Å². The fraction of sp³-hybridized carbons (Fsp3) is 0.0588. The number of rotatable bonds is 3. The van der Waals surface area contributed by atoms with Crippen LogP contribution in [-0.2, 0) is 0 Å². The van der Waals surface area contributed by atoms with E-state index in [0.29, 0.717) is 16.6 Å². The zero-order chi connectivity index (χ0) is 14.7. The molecule has 104 valence electrons. The van der Waals surface area contributed by atoms with Gasteiger partial charge in [-0.2, -0.15) is 0 Å². The second-order valence-corrected chi connectivity index (χ2v) is 4.89. The summed E-state index contributed by atoms with van der Waals surface area (Å²) < 4.78 is 5.16. The average Bonchev–Trinajstić information content (AvgIpc) is 2.56. The maximum absolute atomic E-state index is 6.16. The predicted octanol–water partition coefficient (Wildman–Crippen LogP) is 4.47. The molecule has 0 saturated heterocycles. The summed E-state index contributed by atoms with van der Waals surface area (Å²) in [4.78, 5) is 8.92. The summed E-state index contributed by atoms with van der Waals surface area (Å²) >= 11 is 6.16. The Labute approximate surface area is 128 Å². The monoisotopic (exact) mass is 296 g/mol. The van der Waals surface area contributed by atoms with Gasteiger partial charge in [-0.1, -0.05) is 41.9 Å². The van der Waals surface area contributed by atoms with Crippen molar-refractivity contribution in [3.8, 4) is 28.4 Å². The van der Waals surface area contributed by atoms with Gasteiger partial charge in [0.1, 0.15) is 5.75 Å². The highest BCUT2D eigenvalue weighted by Gasteiger charge is 2.07. The Morgan fingerprint density at radius 3 is 2.48 bits per heavy atom. The minimum absolute atomic E-state index is 0.545. The summed E-state index contributed by atoms with van der Waals surface area (Å²) in [5.74, 6) is 1.28. The highest BCUT2D eigenvalue weighted by Crippen LogP contribution is 2.29. The largest absolute Gasteiger partial charge is 0.495 e. The van der Waals surface area contributed by atoms with Gasteiger partial charge in [-0.05, 0) is 24.3 Å². The Balaban J connectivity index is 2.02. The molecule has 1 aromatic heterocycles. The second kappa shape index (κ2) is 5.94. The molecule has 3 nitrogen and oxygen atoms in total. The molecule has 2 aromatic carbocycles. The number of hydrogen-bond acceptors (Lipinski definition) is 3. The van der Waals surface area contributed by atoms with Gasteiger partial charge >= 0.3 is 0 Å². The molecule has 0 radical (unpaired) electrons. The molecule has 0 spiro atoms. The third-order valence-electron chi connectivity index (χ3n) is 3.14. The molecular formula is C17H13ClN2O. The molecule has 0 amide bonds. The molecule has 21 heavy (non-hydrogen) atoms. The van der Waals surface area contributed by atoms with Crippen LogP contribution in [0.1, 0.15) is 0 Å². The van der Waals surface area contributed by atoms with Crippen molar-refractivity contribution >= 4 is 11.6 Å². The average molecular weight is 297 g/mol. The molecule has 3 rings (SSSR count). The van der Waals surface area contributed by atoms with Gasteiger partial charge in [0.2, 0.25) is 0 Å². The zero-order valence-electron chi connectivity index (χ0n) is 11.5. The highest BCUT2D eigenvalue weighted by molar-refractivity contribution is 6.32. The number of methoxy groups -OCH3 is 1. The van der Waals surface area contributed by atoms with Gasteiger partial charge in [-0.25, -0.2) is 9.97 Å². The van der Waals surface area contributed by atoms with Crippen LogP contribution in [0.25, 0.3) is 22.6 Å². The van der Waals surface area contributed by atoms with Crippen LogP contribution >= 0.6 is 11.6 Å². The Hall–Kier alpha value is -2.39. The molecule has 3 aromatic rings. The first-order chi connectivity index (χ1) is 10.3. The van der Waals surface area contributed by atoms with Crippen molar-refractivity contribution < 1.29 is 4.74 Å². The highest BCUT2D eigenvalue weighted by atomic mass is 35.5. The molecule has 0 bridgehead atoms. The molecule has 1 heterocycles. The van der Waals surface area contributed by atoms with Gasteiger partial charge in [0.05, 0.1) is 17.8 Å². The molecular weight excluding hydrogens is 284 g/mol. The third kappa shape index (κ3) is 2.88. The minimum Gasteiger partial charge on any atom is -0.495 e. The normalized spacial score (nSPS) is 10.4. The lowest BCUT2D eigenvalue weighted by atomic mass is 10.1. The Bertz CT molecular complexity index is 760. The van der Waals surface area contributed by atoms with Crippen LogP contribution in [0.4, 0.5) is 0 Å². The second-order valence-electron chi connectivity index (χ2n) is 4.48. The van der Waals surface area contributed by atoms with Gasteiger partial charge in [0, 0.05) is 17.3 Å². The van der Waals surface area contributed by atoms with Crippen LogP contribution < -0.4 is 4.74 Å². The van der Waals surface area contributed by atoms with E-state index in [4.69, 9.17) is 16.3 Å². The van der Waals surface area contributed by atoms with Crippen molar-refractivity contribution in [3.63, 3.8) is 0 Å². The summed E-state index contributed by atoms with van der Waals surface area (Å²) in [6.45, 7) is 0. The number of ether oxygens (including phenoxy) is 1. The Kier molecular flexibility index (Phi) is 3.84. The van der Waals surface area contributed by atoms with Crippen molar-refractivity contribution in [3.05, 3.63) is 65.8 Å². The van der Waals surface area contributed by atoms with Crippen LogP contribution in [0.5, 0.6) is 5.75 Å². The van der Waals surface area contributed by atoms with Crippen LogP contribution in [-0.4, -0.2) is 17.1 Å². The van der Waals surface area contributed by atoms with E-state index in [1.54, 1.807) is 13.3 Å². The summed E-state index contributed by atoms with van der Waals surface area (Å²) in [5.41, 5.74) is 2.80. The SMILES string of the molecule is COc1ccc(-c2nccc(-c3ccccc3)n2)cc1Cl. The van der Waals surface area contributed by atoms with E-state index in [-0.39, 0.29) is 0 Å². The zero-order valence-corrected chi connectivity index (χ0v) is 12.2. The van der Waals surface area contributed by atoms with Crippen LogP contribution in [0.2, 0.25) is 5.02 Å². The maximum Gasteiger partial charge on any atom is 0.159 e. The van der Waals surface area contributed by atoms with E-state index in [9.17, 15) is 0 Å². The fourth-order valence-corrected chi connectivity index (χ4v) is 2.33. The van der Waals surface area contributed by atoms with Gasteiger partial charge in [-0.3, -0.25) is 0 Å². The lowest BCUT2D eigenvalue weighted by Gasteiger charge is -2.07. The van der Waals surface area contributed by atoms with Crippen LogP contribution in [0, 0.1) is 0 Å². The molecule has 0 fully saturated rings. The molecule has 0 saturated carbocycles. The predicted molar refractivity (Wildman–Crippen MR) is 84.5 cm³/mol. The van der Waals surface area contributed by atoms with Crippen molar-refractivity contribution in [1.29, 1.82) is 0 Å². The van der Waals surface area contributed by atoms with Gasteiger partial charge < -0.3 is 4.74 Å². The van der Waals surface area contributed by atoms with E-state index in [0.717, 1.165) is 16.8 Å². The standard InChI is InChI=1S/C17H13ClN2O/c1-21-16-8-7-13(11-14(16)18)17-19-10-9-15(20-17)12-5-3-2-4-6-12/h2-11H,1H3. The quantitative estimate of drug-likeness (QED) is 0.715. The van der Waals surface area contributed by atoms with Crippen molar-refractivity contribution in [2.45, 2.75) is 0 Å². The first kappa shape index (κ1) is 13.6. The summed E-state index contributed by atoms with van der Waals surface area (Å²) in [6.07, 6.45) is 1.75. The van der Waals surface area contributed by atoms with Crippen molar-refractivity contribution in [1.82, 2.24) is 9.97 Å². The minimum atomic E-state index is 0.545. The maximum atomic E-state index is 6.16. The van der Waals surface area contributed by atoms with Gasteiger partial charge in [0.25, 0.3) is 0 Å². The molecule has 0 aliphatic carbocycles. The molecule has 4 heteroatoms. The number of benzene rings is 2.